The van der Waals surface area contributed by atoms with Crippen molar-refractivity contribution in [3.8, 4) is 22.3 Å². The molecule has 0 aliphatic heterocycles. The largest absolute Gasteiger partial charge is 0.147 e. The van der Waals surface area contributed by atoms with Gasteiger partial charge < -0.3 is 0 Å². The van der Waals surface area contributed by atoms with Gasteiger partial charge in [0.1, 0.15) is 0 Å². The van der Waals surface area contributed by atoms with Crippen molar-refractivity contribution in [1.29, 1.82) is 0 Å². The van der Waals surface area contributed by atoms with E-state index in [2.05, 4.69) is 180 Å². The van der Waals surface area contributed by atoms with Gasteiger partial charge in [-0.15, -0.1) is 24.8 Å². The maximum absolute atomic E-state index is 2.53. The van der Waals surface area contributed by atoms with Gasteiger partial charge in [-0.2, -0.15) is 0 Å². The molecule has 2 fully saturated rings. The van der Waals surface area contributed by atoms with Crippen LogP contribution in [0.15, 0.2) is 104 Å². The summed E-state index contributed by atoms with van der Waals surface area (Å²) in [5.74, 6) is 0. The third kappa shape index (κ3) is 11.0. The molecule has 6 aliphatic carbocycles. The second-order valence-corrected chi connectivity index (χ2v) is 43.5. The van der Waals surface area contributed by atoms with Gasteiger partial charge in [0.2, 0.25) is 0 Å². The number of allylic oxidation sites excluding steroid dienone is 8. The normalized spacial score (nSPS) is 17.2. The van der Waals surface area contributed by atoms with Crippen LogP contribution in [0.4, 0.5) is 0 Å². The average molecular weight is 1280 g/mol. The van der Waals surface area contributed by atoms with Crippen LogP contribution < -0.4 is 6.64 Å². The Labute approximate surface area is 440 Å². The van der Waals surface area contributed by atoms with E-state index >= 15 is 0 Å². The number of hydrogen-bond donors (Lipinski definition) is 0. The van der Waals surface area contributed by atoms with Crippen molar-refractivity contribution in [1.82, 2.24) is 0 Å². The van der Waals surface area contributed by atoms with Crippen LogP contribution in [-0.2, 0) is 76.4 Å². The fraction of sp³-hybridized carbons (Fsp3) is 0.469. The van der Waals surface area contributed by atoms with E-state index in [0.29, 0.717) is 0 Å². The van der Waals surface area contributed by atoms with E-state index in [1.807, 2.05) is 19.8 Å². The number of hydrogen-bond acceptors (Lipinski definition) is 0. The second-order valence-electron chi connectivity index (χ2n) is 24.9. The summed E-state index contributed by atoms with van der Waals surface area (Å²) >= 11 is -4.73. The van der Waals surface area contributed by atoms with Crippen LogP contribution in [0.2, 0.25) is 0 Å². The molecule has 0 aromatic heterocycles. The molecule has 0 heterocycles. The maximum Gasteiger partial charge on any atom is -0.147 e. The molecule has 0 unspecified atom stereocenters. The zero-order valence-corrected chi connectivity index (χ0v) is 52.8. The standard InChI is InChI=1S/2C21H25.2C6H10.2C5H5.2ClH.2Hf/c2*1-20(2,3)16-7-9-18-14(12-16)11-15-13-17(21(4,5)6)8-10-19(15)18;2*1-2-4-6-5-3-1;2*1-2-4-5-3-1;;;;/h2*7-10,12H,11H2,1-6H3;2*1-5H2;2*1-3H,4H2;2*1H;;. The SMILES string of the molecule is CC(C)(C)c1ccc2c(c1)Cc1c-2ccc(C(C)(C)C)[c]1[Hf]([C]1=CC=CC1)=[C]1CCCCC1.CC(C)(C)c1ccc2c(c1)Cc1c-2ccc(C(C)(C)C)[c]1[Hf]([C]1=CC=CC1)=[C]1CCCCC1.Cl.Cl. The second kappa shape index (κ2) is 21.2. The van der Waals surface area contributed by atoms with Crippen molar-refractivity contribution in [2.75, 3.05) is 0 Å². The maximum atomic E-state index is 2.53. The van der Waals surface area contributed by atoms with E-state index in [4.69, 9.17) is 0 Å². The minimum Gasteiger partial charge on any atom is -0.147 e. The van der Waals surface area contributed by atoms with E-state index in [0.717, 1.165) is 12.8 Å². The van der Waals surface area contributed by atoms with Crippen LogP contribution in [0.3, 0.4) is 0 Å². The van der Waals surface area contributed by atoms with Gasteiger partial charge in [-0.1, -0.05) is 0 Å². The number of rotatable bonds is 4. The molecule has 0 saturated heterocycles. The first-order chi connectivity index (χ1) is 31.3. The summed E-state index contributed by atoms with van der Waals surface area (Å²) in [6.07, 6.45) is 33.3. The van der Waals surface area contributed by atoms with Crippen molar-refractivity contribution in [2.45, 2.75) is 195 Å². The number of halogens is 2. The quantitative estimate of drug-likeness (QED) is 0.154. The van der Waals surface area contributed by atoms with Crippen molar-refractivity contribution >= 4 is 38.0 Å². The summed E-state index contributed by atoms with van der Waals surface area (Å²) in [7, 11) is 0. The molecule has 10 rings (SSSR count). The summed E-state index contributed by atoms with van der Waals surface area (Å²) in [5.41, 5.74) is 19.6. The van der Waals surface area contributed by atoms with Gasteiger partial charge in [0.15, 0.2) is 0 Å². The van der Waals surface area contributed by atoms with Crippen molar-refractivity contribution in [3.63, 3.8) is 0 Å². The molecule has 68 heavy (non-hydrogen) atoms. The van der Waals surface area contributed by atoms with Gasteiger partial charge in [0.05, 0.1) is 0 Å². The summed E-state index contributed by atoms with van der Waals surface area (Å²) in [6.45, 7) is 28.7. The van der Waals surface area contributed by atoms with E-state index in [1.165, 1.54) is 99.3 Å². The van der Waals surface area contributed by atoms with Crippen molar-refractivity contribution in [2.24, 2.45) is 0 Å². The third-order valence-corrected chi connectivity index (χ3v) is 39.5. The molecule has 360 valence electrons. The van der Waals surface area contributed by atoms with Crippen LogP contribution in [0.5, 0.6) is 0 Å². The molecule has 0 radical (unpaired) electrons. The Morgan fingerprint density at radius 1 is 0.397 bits per heavy atom. The topological polar surface area (TPSA) is 0 Å². The molecule has 0 atom stereocenters. The van der Waals surface area contributed by atoms with E-state index in [-0.39, 0.29) is 46.5 Å². The summed E-state index contributed by atoms with van der Waals surface area (Å²) < 4.78 is 11.4. The molecule has 0 spiro atoms. The Morgan fingerprint density at radius 3 is 1.06 bits per heavy atom. The molecule has 0 nitrogen and oxygen atoms in total. The van der Waals surface area contributed by atoms with Gasteiger partial charge >= 0.3 is 420 Å². The fourth-order valence-corrected chi connectivity index (χ4v) is 39.6. The minimum absolute atomic E-state index is 0. The third-order valence-electron chi connectivity index (χ3n) is 15.8. The van der Waals surface area contributed by atoms with Crippen LogP contribution in [0.25, 0.3) is 22.3 Å². The first-order valence-electron chi connectivity index (χ1n) is 26.1. The van der Waals surface area contributed by atoms with Crippen LogP contribution >= 0.6 is 24.8 Å². The van der Waals surface area contributed by atoms with Gasteiger partial charge in [-0.25, -0.2) is 0 Å². The van der Waals surface area contributed by atoms with Crippen LogP contribution in [-0.4, -0.2) is 6.51 Å². The van der Waals surface area contributed by atoms with Crippen molar-refractivity contribution in [3.05, 3.63) is 148 Å². The van der Waals surface area contributed by atoms with E-state index in [1.54, 1.807) is 44.5 Å². The Bertz CT molecular complexity index is 2560. The smallest absolute Gasteiger partial charge is 0.147 e. The molecule has 0 amide bonds. The van der Waals surface area contributed by atoms with Gasteiger partial charge in [-0.05, 0) is 0 Å². The molecule has 0 N–H and O–H groups in total. The molecule has 4 aromatic rings. The molecule has 2 saturated carbocycles. The number of benzene rings is 4. The Hall–Kier alpha value is -2.10. The predicted octanol–water partition coefficient (Wildman–Crippen LogP) is 17.0. The average Bonchev–Trinajstić information content (AvgIpc) is 4.11. The molecule has 4 heteroatoms. The zero-order chi connectivity index (χ0) is 46.8. The Morgan fingerprint density at radius 2 is 0.750 bits per heavy atom. The zero-order valence-electron chi connectivity index (χ0n) is 44.0. The Balaban J connectivity index is 0.000000196. The predicted molar refractivity (Wildman–Crippen MR) is 298 cm³/mol. The monoisotopic (exact) mass is 1280 g/mol. The fourth-order valence-electron chi connectivity index (χ4n) is 12.2. The van der Waals surface area contributed by atoms with E-state index < -0.39 is 41.9 Å². The van der Waals surface area contributed by atoms with E-state index in [9.17, 15) is 0 Å². The van der Waals surface area contributed by atoms with Crippen molar-refractivity contribution < 1.29 is 41.9 Å². The minimum atomic E-state index is -2.36. The summed E-state index contributed by atoms with van der Waals surface area (Å²) in [6, 6.07) is 24.6. The van der Waals surface area contributed by atoms with Gasteiger partial charge in [-0.3, -0.25) is 0 Å². The number of fused-ring (bicyclic) bond motifs is 6. The first-order valence-corrected chi connectivity index (χ1v) is 36.8. The molecule has 0 bridgehead atoms. The van der Waals surface area contributed by atoms with Crippen LogP contribution in [0.1, 0.15) is 205 Å². The van der Waals surface area contributed by atoms with Crippen LogP contribution in [0, 0.1) is 0 Å². The molecule has 6 aliphatic rings. The summed E-state index contributed by atoms with van der Waals surface area (Å²) in [4.78, 5) is 0. The molecular formula is C64H82Cl2Hf2. The first kappa shape index (κ1) is 53.7. The Kier molecular flexibility index (Phi) is 16.7. The summed E-state index contributed by atoms with van der Waals surface area (Å²) in [5, 5.41) is 0. The molecule has 4 aromatic carbocycles. The van der Waals surface area contributed by atoms with Gasteiger partial charge in [0, 0.05) is 0 Å². The molecular weight excluding hydrogens is 1200 g/mol. The van der Waals surface area contributed by atoms with Gasteiger partial charge in [0.25, 0.3) is 0 Å².